The van der Waals surface area contributed by atoms with E-state index in [2.05, 4.69) is 5.32 Å². The second-order valence-electron chi connectivity index (χ2n) is 7.43. The van der Waals surface area contributed by atoms with Crippen LogP contribution in [0, 0.1) is 0 Å². The highest BCUT2D eigenvalue weighted by Crippen LogP contribution is 2.35. The molecule has 0 bridgehead atoms. The molecule has 0 heterocycles. The number of nitrogens with zero attached hydrogens (tertiary/aromatic N) is 2. The molecule has 0 saturated carbocycles. The molecular weight excluding hydrogens is 525 g/mol. The van der Waals surface area contributed by atoms with E-state index in [-0.39, 0.29) is 33.2 Å². The molecule has 12 heteroatoms. The van der Waals surface area contributed by atoms with Crippen LogP contribution in [0.4, 0.5) is 5.69 Å². The van der Waals surface area contributed by atoms with Gasteiger partial charge in [0.1, 0.15) is 18.3 Å². The minimum Gasteiger partial charge on any atom is -0.497 e. The molecule has 0 spiro atoms. The van der Waals surface area contributed by atoms with Gasteiger partial charge < -0.3 is 15.0 Å². The number of halogens is 3. The Labute approximate surface area is 214 Å². The second-order valence-corrected chi connectivity index (χ2v) is 10.6. The molecule has 1 N–H and O–H groups in total. The maximum absolute atomic E-state index is 13.5. The smallest absolute Gasteiger partial charge is 0.244 e. The number of rotatable bonds is 10. The molecule has 1 unspecified atom stereocenters. The van der Waals surface area contributed by atoms with Crippen molar-refractivity contribution in [3.05, 3.63) is 57.0 Å². The van der Waals surface area contributed by atoms with E-state index < -0.39 is 28.5 Å². The fraction of sp³-hybridized carbons (Fsp3) is 0.364. The van der Waals surface area contributed by atoms with E-state index in [1.165, 1.54) is 24.1 Å². The van der Waals surface area contributed by atoms with Crippen molar-refractivity contribution in [2.45, 2.75) is 26.4 Å². The first-order valence-corrected chi connectivity index (χ1v) is 13.2. The van der Waals surface area contributed by atoms with Gasteiger partial charge in [-0.25, -0.2) is 8.42 Å². The number of carbonyl (C=O) groups is 2. The van der Waals surface area contributed by atoms with Gasteiger partial charge in [0.15, 0.2) is 0 Å². The summed E-state index contributed by atoms with van der Waals surface area (Å²) in [7, 11) is -2.44. The predicted octanol–water partition coefficient (Wildman–Crippen LogP) is 3.97. The summed E-state index contributed by atoms with van der Waals surface area (Å²) in [5.74, 6) is -0.415. The molecule has 0 radical (unpaired) electrons. The number of hydrogen-bond donors (Lipinski definition) is 1. The van der Waals surface area contributed by atoms with Crippen molar-refractivity contribution in [2.24, 2.45) is 0 Å². The molecule has 0 saturated heterocycles. The molecule has 0 aromatic heterocycles. The molecule has 0 aliphatic carbocycles. The molecule has 2 rings (SSSR count). The van der Waals surface area contributed by atoms with E-state index in [1.807, 2.05) is 0 Å². The number of hydrogen-bond acceptors (Lipinski definition) is 5. The Morgan fingerprint density at radius 1 is 1.09 bits per heavy atom. The molecule has 0 aliphatic heterocycles. The van der Waals surface area contributed by atoms with Gasteiger partial charge in [-0.1, -0.05) is 46.9 Å². The van der Waals surface area contributed by atoms with Gasteiger partial charge in [-0.15, -0.1) is 0 Å². The van der Waals surface area contributed by atoms with E-state index in [1.54, 1.807) is 38.1 Å². The van der Waals surface area contributed by atoms with E-state index in [0.29, 0.717) is 17.9 Å². The van der Waals surface area contributed by atoms with Crippen molar-refractivity contribution in [2.75, 3.05) is 30.8 Å². The van der Waals surface area contributed by atoms with Crippen molar-refractivity contribution < 1.29 is 22.7 Å². The lowest BCUT2D eigenvalue weighted by Gasteiger charge is -2.31. The van der Waals surface area contributed by atoms with Crippen molar-refractivity contribution in [3.8, 4) is 5.75 Å². The number of nitrogens with one attached hydrogen (secondary N) is 1. The van der Waals surface area contributed by atoms with Gasteiger partial charge in [0.2, 0.25) is 21.8 Å². The van der Waals surface area contributed by atoms with Crippen LogP contribution in [0.5, 0.6) is 5.75 Å². The molecule has 2 amide bonds. The fourth-order valence-electron chi connectivity index (χ4n) is 3.17. The summed E-state index contributed by atoms with van der Waals surface area (Å²) in [6, 6.07) is 8.71. The van der Waals surface area contributed by atoms with Crippen LogP contribution in [0.3, 0.4) is 0 Å². The maximum Gasteiger partial charge on any atom is 0.244 e. The third kappa shape index (κ3) is 7.15. The number of methoxy groups -OCH3 is 1. The van der Waals surface area contributed by atoms with Crippen LogP contribution in [-0.4, -0.2) is 57.6 Å². The summed E-state index contributed by atoms with van der Waals surface area (Å²) < 4.78 is 31.3. The lowest BCUT2D eigenvalue weighted by Crippen LogP contribution is -2.51. The monoisotopic (exact) mass is 549 g/mol. The molecule has 186 valence electrons. The SMILES string of the molecule is CCNC(=O)C(C)N(Cc1cccc(OC)c1)C(=O)CN(c1cc(Cl)c(Cl)cc1Cl)S(C)(=O)=O. The molecule has 2 aromatic rings. The van der Waals surface area contributed by atoms with Crippen molar-refractivity contribution >= 4 is 62.3 Å². The highest BCUT2D eigenvalue weighted by Gasteiger charge is 2.31. The zero-order valence-corrected chi connectivity index (χ0v) is 22.2. The Bertz CT molecular complexity index is 1160. The van der Waals surface area contributed by atoms with Gasteiger partial charge in [-0.05, 0) is 43.7 Å². The van der Waals surface area contributed by atoms with Crippen molar-refractivity contribution in [1.29, 1.82) is 0 Å². The Morgan fingerprint density at radius 3 is 2.32 bits per heavy atom. The molecule has 34 heavy (non-hydrogen) atoms. The van der Waals surface area contributed by atoms with Crippen LogP contribution in [0.25, 0.3) is 0 Å². The number of sulfonamides is 1. The van der Waals surface area contributed by atoms with Gasteiger partial charge >= 0.3 is 0 Å². The van der Waals surface area contributed by atoms with Gasteiger partial charge in [-0.3, -0.25) is 13.9 Å². The number of likely N-dealkylation sites (N-methyl/N-ethyl adjacent to an activating group) is 1. The first-order chi connectivity index (χ1) is 15.9. The molecule has 0 fully saturated rings. The first-order valence-electron chi connectivity index (χ1n) is 10.2. The summed E-state index contributed by atoms with van der Waals surface area (Å²) >= 11 is 18.3. The third-order valence-corrected chi connectivity index (χ3v) is 7.09. The number of carbonyl (C=O) groups excluding carboxylic acids is 2. The van der Waals surface area contributed by atoms with E-state index in [9.17, 15) is 18.0 Å². The quantitative estimate of drug-likeness (QED) is 0.452. The summed E-state index contributed by atoms with van der Waals surface area (Å²) in [4.78, 5) is 27.3. The first kappa shape index (κ1) is 28.0. The van der Waals surface area contributed by atoms with Crippen LogP contribution < -0.4 is 14.4 Å². The summed E-state index contributed by atoms with van der Waals surface area (Å²) in [5, 5.41) is 2.90. The Hall–Kier alpha value is -2.20. The Morgan fingerprint density at radius 2 is 1.74 bits per heavy atom. The minimum atomic E-state index is -3.96. The topological polar surface area (TPSA) is 96.0 Å². The van der Waals surface area contributed by atoms with Crippen LogP contribution >= 0.6 is 34.8 Å². The largest absolute Gasteiger partial charge is 0.497 e. The van der Waals surface area contributed by atoms with Gasteiger partial charge in [0.05, 0.1) is 34.1 Å². The minimum absolute atomic E-state index is 0.00101. The Balaban J connectivity index is 2.46. The number of anilines is 1. The zero-order chi connectivity index (χ0) is 25.6. The average molecular weight is 551 g/mol. The highest BCUT2D eigenvalue weighted by atomic mass is 35.5. The molecule has 8 nitrogen and oxygen atoms in total. The molecule has 1 atom stereocenters. The summed E-state index contributed by atoms with van der Waals surface area (Å²) in [6.45, 7) is 3.14. The summed E-state index contributed by atoms with van der Waals surface area (Å²) in [5.41, 5.74) is 0.696. The van der Waals surface area contributed by atoms with E-state index in [4.69, 9.17) is 39.5 Å². The fourth-order valence-corrected chi connectivity index (χ4v) is 4.72. The predicted molar refractivity (Wildman–Crippen MR) is 135 cm³/mol. The van der Waals surface area contributed by atoms with Crippen LogP contribution in [0.15, 0.2) is 36.4 Å². The van der Waals surface area contributed by atoms with Gasteiger partial charge in [0.25, 0.3) is 0 Å². The normalized spacial score (nSPS) is 12.1. The van der Waals surface area contributed by atoms with Crippen molar-refractivity contribution in [3.63, 3.8) is 0 Å². The van der Waals surface area contributed by atoms with Crippen LogP contribution in [0.1, 0.15) is 19.4 Å². The van der Waals surface area contributed by atoms with Crippen molar-refractivity contribution in [1.82, 2.24) is 10.2 Å². The van der Waals surface area contributed by atoms with Gasteiger partial charge in [-0.2, -0.15) is 0 Å². The average Bonchev–Trinajstić information content (AvgIpc) is 2.77. The molecule has 2 aromatic carbocycles. The zero-order valence-electron chi connectivity index (χ0n) is 19.1. The lowest BCUT2D eigenvalue weighted by atomic mass is 10.1. The van der Waals surface area contributed by atoms with Gasteiger partial charge in [0, 0.05) is 13.1 Å². The maximum atomic E-state index is 13.5. The van der Waals surface area contributed by atoms with Crippen LogP contribution in [-0.2, 0) is 26.2 Å². The molecule has 0 aliphatic rings. The second kappa shape index (κ2) is 12.0. The van der Waals surface area contributed by atoms with E-state index in [0.717, 1.165) is 10.6 Å². The Kier molecular flexibility index (Phi) is 9.87. The number of benzene rings is 2. The lowest BCUT2D eigenvalue weighted by molar-refractivity contribution is -0.139. The molecular formula is C22H26Cl3N3O5S. The highest BCUT2D eigenvalue weighted by molar-refractivity contribution is 7.92. The standard InChI is InChI=1S/C22H26Cl3N3O5S/c1-5-26-22(30)14(2)27(12-15-7-6-8-16(9-15)33-3)21(29)13-28(34(4,31)32)20-11-18(24)17(23)10-19(20)25/h6-11,14H,5,12-13H2,1-4H3,(H,26,30). The van der Waals surface area contributed by atoms with E-state index >= 15 is 0 Å². The number of ether oxygens (including phenoxy) is 1. The number of amides is 2. The van der Waals surface area contributed by atoms with Crippen LogP contribution in [0.2, 0.25) is 15.1 Å². The third-order valence-electron chi connectivity index (χ3n) is 4.94. The summed E-state index contributed by atoms with van der Waals surface area (Å²) in [6.07, 6.45) is 0.943.